The van der Waals surface area contributed by atoms with Crippen LogP contribution in [0.1, 0.15) is 0 Å². The largest absolute Gasteiger partial charge is 0.309 e. The molecular formula is C60H40N4. The average molecular weight is 817 g/mol. The van der Waals surface area contributed by atoms with E-state index in [1.165, 1.54) is 66.0 Å². The van der Waals surface area contributed by atoms with Crippen LogP contribution in [0.2, 0.25) is 0 Å². The molecule has 10 aromatic carbocycles. The van der Waals surface area contributed by atoms with E-state index < -0.39 is 0 Å². The first-order valence-corrected chi connectivity index (χ1v) is 21.7. The predicted octanol–water partition coefficient (Wildman–Crippen LogP) is 15.5. The summed E-state index contributed by atoms with van der Waals surface area (Å²) in [6, 6.07) is 86.7. The maximum atomic E-state index is 4.84. The van der Waals surface area contributed by atoms with Gasteiger partial charge in [0.2, 0.25) is 0 Å². The van der Waals surface area contributed by atoms with E-state index in [9.17, 15) is 0 Å². The third-order valence-electron chi connectivity index (χ3n) is 12.5. The van der Waals surface area contributed by atoms with Crippen LogP contribution < -0.4 is 0 Å². The lowest BCUT2D eigenvalue weighted by Crippen LogP contribution is -2.00. The zero-order valence-corrected chi connectivity index (χ0v) is 34.9. The van der Waals surface area contributed by atoms with Crippen LogP contribution in [0, 0.1) is 0 Å². The Morgan fingerprint density at radius 1 is 0.250 bits per heavy atom. The lowest BCUT2D eigenvalue weighted by atomic mass is 9.89. The molecule has 2 aromatic heterocycles. The Balaban J connectivity index is 0.914. The number of nitrogens with zero attached hydrogens (tertiary/aromatic N) is 4. The minimum Gasteiger partial charge on any atom is -0.309 e. The summed E-state index contributed by atoms with van der Waals surface area (Å²) in [7, 11) is 0. The van der Waals surface area contributed by atoms with Crippen LogP contribution in [0.25, 0.3) is 111 Å². The monoisotopic (exact) mass is 816 g/mol. The highest BCUT2D eigenvalue weighted by Crippen LogP contribution is 2.41. The standard InChI is InChI=1S/C60H40N4/c1-3-16-44(17-4-1)59-61-62-60(64(59)50-36-33-42(34-37-50)47-32-27-41-15-7-8-18-46(41)39-47)45-30-28-43(29-31-45)51-21-9-11-23-53(51)54-24-12-10-22-52(54)48-35-38-58-56(40-48)55-25-13-14-26-57(55)63(58)49-19-5-2-6-20-49/h1-40H. The third-order valence-corrected chi connectivity index (χ3v) is 12.5. The van der Waals surface area contributed by atoms with Crippen molar-refractivity contribution in [1.82, 2.24) is 19.3 Å². The zero-order valence-electron chi connectivity index (χ0n) is 34.9. The molecule has 64 heavy (non-hydrogen) atoms. The van der Waals surface area contributed by atoms with Crippen LogP contribution in [0.5, 0.6) is 0 Å². The van der Waals surface area contributed by atoms with Gasteiger partial charge >= 0.3 is 0 Å². The van der Waals surface area contributed by atoms with E-state index in [4.69, 9.17) is 10.2 Å². The Morgan fingerprint density at radius 2 is 0.734 bits per heavy atom. The quantitative estimate of drug-likeness (QED) is 0.153. The molecule has 0 saturated heterocycles. The minimum atomic E-state index is 0.784. The number of hydrogen-bond donors (Lipinski definition) is 0. The van der Waals surface area contributed by atoms with Gasteiger partial charge in [-0.2, -0.15) is 0 Å². The van der Waals surface area contributed by atoms with Gasteiger partial charge in [-0.1, -0.05) is 194 Å². The van der Waals surface area contributed by atoms with Crippen molar-refractivity contribution in [2.45, 2.75) is 0 Å². The number of para-hydroxylation sites is 2. The van der Waals surface area contributed by atoms with Crippen molar-refractivity contribution in [3.8, 4) is 78.7 Å². The van der Waals surface area contributed by atoms with Crippen molar-refractivity contribution in [2.75, 3.05) is 0 Å². The number of fused-ring (bicyclic) bond motifs is 4. The van der Waals surface area contributed by atoms with E-state index in [2.05, 4.69) is 234 Å². The van der Waals surface area contributed by atoms with Crippen molar-refractivity contribution >= 4 is 32.6 Å². The normalized spacial score (nSPS) is 11.4. The number of benzene rings is 10. The molecule has 0 aliphatic carbocycles. The van der Waals surface area contributed by atoms with Gasteiger partial charge in [0.05, 0.1) is 11.0 Å². The highest BCUT2D eigenvalue weighted by molar-refractivity contribution is 6.11. The van der Waals surface area contributed by atoms with Crippen LogP contribution in [0.15, 0.2) is 243 Å². The van der Waals surface area contributed by atoms with Gasteiger partial charge in [0.25, 0.3) is 0 Å². The van der Waals surface area contributed by atoms with Gasteiger partial charge in [-0.25, -0.2) is 0 Å². The van der Waals surface area contributed by atoms with Gasteiger partial charge in [0.15, 0.2) is 11.6 Å². The summed E-state index contributed by atoms with van der Waals surface area (Å²) in [5, 5.41) is 14.6. The molecule has 0 unspecified atom stereocenters. The second-order valence-electron chi connectivity index (χ2n) is 16.2. The molecule has 0 amide bonds. The molecule has 0 N–H and O–H groups in total. The molecule has 0 radical (unpaired) electrons. The second kappa shape index (κ2) is 15.7. The molecule has 4 nitrogen and oxygen atoms in total. The first-order chi connectivity index (χ1) is 31.7. The summed E-state index contributed by atoms with van der Waals surface area (Å²) in [5.41, 5.74) is 15.9. The van der Waals surface area contributed by atoms with E-state index >= 15 is 0 Å². The van der Waals surface area contributed by atoms with Crippen LogP contribution in [0.4, 0.5) is 0 Å². The van der Waals surface area contributed by atoms with Crippen molar-refractivity contribution < 1.29 is 0 Å². The molecule has 0 spiro atoms. The first-order valence-electron chi connectivity index (χ1n) is 21.7. The molecule has 0 bridgehead atoms. The fourth-order valence-corrected chi connectivity index (χ4v) is 9.40. The van der Waals surface area contributed by atoms with E-state index in [1.54, 1.807) is 0 Å². The Kier molecular flexibility index (Phi) is 9.12. The topological polar surface area (TPSA) is 35.6 Å². The molecule has 0 aliphatic heterocycles. The fraction of sp³-hybridized carbons (Fsp3) is 0. The van der Waals surface area contributed by atoms with Crippen LogP contribution in [-0.2, 0) is 0 Å². The summed E-state index contributed by atoms with van der Waals surface area (Å²) in [5.74, 6) is 1.58. The summed E-state index contributed by atoms with van der Waals surface area (Å²) in [4.78, 5) is 0. The van der Waals surface area contributed by atoms with Crippen molar-refractivity contribution in [3.63, 3.8) is 0 Å². The molecule has 0 atom stereocenters. The highest BCUT2D eigenvalue weighted by Gasteiger charge is 2.20. The van der Waals surface area contributed by atoms with Gasteiger partial charge in [-0.3, -0.25) is 4.57 Å². The number of aromatic nitrogens is 4. The number of rotatable bonds is 8. The minimum absolute atomic E-state index is 0.784. The third kappa shape index (κ3) is 6.48. The SMILES string of the molecule is c1ccc(-c2nnc(-c3ccc(-c4ccccc4-c4ccccc4-c4ccc5c(c4)c4ccccc4n5-c4ccccc4)cc3)n2-c2ccc(-c3ccc4ccccc4c3)cc2)cc1. The second-order valence-corrected chi connectivity index (χ2v) is 16.2. The molecule has 0 aliphatic rings. The zero-order chi connectivity index (χ0) is 42.4. The lowest BCUT2D eigenvalue weighted by molar-refractivity contribution is 1.07. The maximum Gasteiger partial charge on any atom is 0.168 e. The fourth-order valence-electron chi connectivity index (χ4n) is 9.40. The van der Waals surface area contributed by atoms with Gasteiger partial charge in [0.1, 0.15) is 0 Å². The summed E-state index contributed by atoms with van der Waals surface area (Å²) >= 11 is 0. The van der Waals surface area contributed by atoms with Gasteiger partial charge < -0.3 is 4.57 Å². The molecule has 12 aromatic rings. The van der Waals surface area contributed by atoms with Crippen molar-refractivity contribution in [2.24, 2.45) is 0 Å². The summed E-state index contributed by atoms with van der Waals surface area (Å²) < 4.78 is 4.54. The molecule has 0 fully saturated rings. The van der Waals surface area contributed by atoms with Gasteiger partial charge in [-0.15, -0.1) is 10.2 Å². The average Bonchev–Trinajstić information content (AvgIpc) is 3.97. The molecule has 12 rings (SSSR count). The van der Waals surface area contributed by atoms with Gasteiger partial charge in [-0.05, 0) is 104 Å². The summed E-state index contributed by atoms with van der Waals surface area (Å²) in [6.07, 6.45) is 0. The Labute approximate surface area is 371 Å². The lowest BCUT2D eigenvalue weighted by Gasteiger charge is -2.16. The van der Waals surface area contributed by atoms with E-state index in [0.29, 0.717) is 0 Å². The molecule has 4 heteroatoms. The first kappa shape index (κ1) is 37.2. The maximum absolute atomic E-state index is 4.84. The molecular weight excluding hydrogens is 777 g/mol. The van der Waals surface area contributed by atoms with E-state index in [-0.39, 0.29) is 0 Å². The van der Waals surface area contributed by atoms with Crippen molar-refractivity contribution in [3.05, 3.63) is 243 Å². The van der Waals surface area contributed by atoms with E-state index in [0.717, 1.165) is 45.3 Å². The van der Waals surface area contributed by atoms with Crippen LogP contribution >= 0.6 is 0 Å². The Morgan fingerprint density at radius 3 is 1.45 bits per heavy atom. The van der Waals surface area contributed by atoms with Crippen LogP contribution in [0.3, 0.4) is 0 Å². The smallest absolute Gasteiger partial charge is 0.168 e. The van der Waals surface area contributed by atoms with E-state index in [1.807, 2.05) is 18.2 Å². The molecule has 0 saturated carbocycles. The Bertz CT molecular complexity index is 3640. The van der Waals surface area contributed by atoms with Crippen LogP contribution in [-0.4, -0.2) is 19.3 Å². The Hall–Kier alpha value is -8.60. The predicted molar refractivity (Wildman–Crippen MR) is 266 cm³/mol. The molecule has 300 valence electrons. The highest BCUT2D eigenvalue weighted by atomic mass is 15.3. The number of hydrogen-bond acceptors (Lipinski definition) is 2. The van der Waals surface area contributed by atoms with Gasteiger partial charge in [0, 0.05) is 33.3 Å². The molecule has 2 heterocycles. The summed E-state index contributed by atoms with van der Waals surface area (Å²) in [6.45, 7) is 0. The van der Waals surface area contributed by atoms with Crippen molar-refractivity contribution in [1.29, 1.82) is 0 Å².